The molecular formula is C13H17NOS3. The van der Waals surface area contributed by atoms with E-state index in [1.54, 1.807) is 28.9 Å². The van der Waals surface area contributed by atoms with Gasteiger partial charge in [-0.05, 0) is 29.8 Å². The highest BCUT2D eigenvalue weighted by atomic mass is 32.2. The lowest BCUT2D eigenvalue weighted by molar-refractivity contribution is 0.606. The largest absolute Gasteiger partial charge is 0.304 e. The van der Waals surface area contributed by atoms with Crippen LogP contribution in [0.4, 0.5) is 0 Å². The van der Waals surface area contributed by atoms with E-state index in [0.717, 1.165) is 6.54 Å². The summed E-state index contributed by atoms with van der Waals surface area (Å²) in [6.07, 6.45) is 1.76. The minimum Gasteiger partial charge on any atom is -0.304 e. The highest BCUT2D eigenvalue weighted by Gasteiger charge is 2.17. The third kappa shape index (κ3) is 3.51. The number of thiophene rings is 2. The molecule has 0 bridgehead atoms. The predicted molar refractivity (Wildman–Crippen MR) is 82.0 cm³/mol. The van der Waals surface area contributed by atoms with Crippen molar-refractivity contribution in [2.75, 3.05) is 12.8 Å². The van der Waals surface area contributed by atoms with E-state index in [1.165, 1.54) is 9.75 Å². The molecule has 0 aromatic carbocycles. The summed E-state index contributed by atoms with van der Waals surface area (Å²) >= 11 is 3.52. The van der Waals surface area contributed by atoms with Gasteiger partial charge in [0.1, 0.15) is 0 Å². The Hall–Kier alpha value is -0.490. The van der Waals surface area contributed by atoms with Crippen LogP contribution in [0, 0.1) is 0 Å². The molecule has 1 N–H and O–H groups in total. The molecule has 0 amide bonds. The van der Waals surface area contributed by atoms with Crippen molar-refractivity contribution < 1.29 is 4.21 Å². The van der Waals surface area contributed by atoms with Gasteiger partial charge in [0.05, 0.1) is 6.04 Å². The van der Waals surface area contributed by atoms with Gasteiger partial charge in [-0.15, -0.1) is 22.7 Å². The van der Waals surface area contributed by atoms with Gasteiger partial charge in [0.15, 0.2) is 0 Å². The normalized spacial score (nSPS) is 14.8. The molecule has 5 heteroatoms. The number of hydrogen-bond donors (Lipinski definition) is 1. The van der Waals surface area contributed by atoms with Crippen molar-refractivity contribution in [3.05, 3.63) is 44.8 Å². The van der Waals surface area contributed by atoms with Crippen molar-refractivity contribution in [1.29, 1.82) is 0 Å². The Kier molecular flexibility index (Phi) is 5.12. The Bertz CT molecular complexity index is 444. The van der Waals surface area contributed by atoms with Crippen LogP contribution in [-0.2, 0) is 10.8 Å². The van der Waals surface area contributed by atoms with Gasteiger partial charge in [-0.2, -0.15) is 0 Å². The molecule has 2 rings (SSSR count). The maximum absolute atomic E-state index is 11.4. The average Bonchev–Trinajstić information content (AvgIpc) is 3.01. The van der Waals surface area contributed by atoms with Gasteiger partial charge >= 0.3 is 0 Å². The highest BCUT2D eigenvalue weighted by molar-refractivity contribution is 7.84. The van der Waals surface area contributed by atoms with Crippen LogP contribution < -0.4 is 5.32 Å². The first kappa shape index (κ1) is 13.9. The molecule has 2 heterocycles. The molecule has 0 saturated heterocycles. The zero-order valence-electron chi connectivity index (χ0n) is 10.5. The Labute approximate surface area is 119 Å². The summed E-state index contributed by atoms with van der Waals surface area (Å²) in [4.78, 5) is 2.62. The highest BCUT2D eigenvalue weighted by Crippen LogP contribution is 2.29. The second-order valence-corrected chi connectivity index (χ2v) is 7.94. The third-order valence-electron chi connectivity index (χ3n) is 2.83. The van der Waals surface area contributed by atoms with E-state index in [4.69, 9.17) is 0 Å². The van der Waals surface area contributed by atoms with Crippen LogP contribution in [0.5, 0.6) is 0 Å². The molecule has 0 aliphatic heterocycles. The summed E-state index contributed by atoms with van der Waals surface area (Å²) in [6, 6.07) is 8.68. The topological polar surface area (TPSA) is 29.1 Å². The van der Waals surface area contributed by atoms with Gasteiger partial charge in [-0.3, -0.25) is 4.21 Å². The Morgan fingerprint density at radius 2 is 1.78 bits per heavy atom. The first-order chi connectivity index (χ1) is 8.68. The molecule has 18 heavy (non-hydrogen) atoms. The van der Waals surface area contributed by atoms with E-state index >= 15 is 0 Å². The van der Waals surface area contributed by atoms with Gasteiger partial charge in [-0.25, -0.2) is 0 Å². The van der Waals surface area contributed by atoms with Gasteiger partial charge in [-0.1, -0.05) is 12.1 Å². The van der Waals surface area contributed by atoms with Crippen LogP contribution in [-0.4, -0.2) is 22.3 Å². The quantitative estimate of drug-likeness (QED) is 0.887. The lowest BCUT2D eigenvalue weighted by Gasteiger charge is -2.18. The Morgan fingerprint density at radius 3 is 2.17 bits per heavy atom. The molecule has 0 aliphatic carbocycles. The van der Waals surface area contributed by atoms with Gasteiger partial charge < -0.3 is 5.32 Å². The predicted octanol–water partition coefficient (Wildman–Crippen LogP) is 3.26. The van der Waals surface area contributed by atoms with Crippen LogP contribution in [0.3, 0.4) is 0 Å². The summed E-state index contributed by atoms with van der Waals surface area (Å²) < 4.78 is 11.4. The molecule has 2 aromatic heterocycles. The van der Waals surface area contributed by atoms with E-state index < -0.39 is 10.8 Å². The zero-order chi connectivity index (χ0) is 13.0. The molecule has 0 radical (unpaired) electrons. The number of nitrogens with one attached hydrogen (secondary N) is 1. The average molecular weight is 299 g/mol. The maximum atomic E-state index is 11.4. The lowest BCUT2D eigenvalue weighted by Crippen LogP contribution is -2.30. The SMILES string of the molecule is CC(CNC(c1cccs1)c1cccs1)S(C)=O. The fourth-order valence-corrected chi connectivity index (χ4v) is 3.69. The molecule has 2 atom stereocenters. The smallest absolute Gasteiger partial charge is 0.0765 e. The molecule has 2 unspecified atom stereocenters. The lowest BCUT2D eigenvalue weighted by atomic mass is 10.2. The monoisotopic (exact) mass is 299 g/mol. The molecule has 0 saturated carbocycles. The van der Waals surface area contributed by atoms with E-state index in [9.17, 15) is 4.21 Å². The standard InChI is InChI=1S/C13H17NOS3/c1-10(18(2)15)9-14-13(11-5-3-7-16-11)12-6-4-8-17-12/h3-8,10,13-14H,9H2,1-2H3. The zero-order valence-corrected chi connectivity index (χ0v) is 12.9. The van der Waals surface area contributed by atoms with Crippen molar-refractivity contribution in [3.8, 4) is 0 Å². The van der Waals surface area contributed by atoms with Crippen LogP contribution in [0.2, 0.25) is 0 Å². The van der Waals surface area contributed by atoms with E-state index in [0.29, 0.717) is 0 Å². The maximum Gasteiger partial charge on any atom is 0.0765 e. The second kappa shape index (κ2) is 6.61. The summed E-state index contributed by atoms with van der Waals surface area (Å²) in [7, 11) is -0.776. The van der Waals surface area contributed by atoms with Gasteiger partial charge in [0.2, 0.25) is 0 Å². The molecule has 0 fully saturated rings. The molecular weight excluding hydrogens is 282 g/mol. The molecule has 98 valence electrons. The summed E-state index contributed by atoms with van der Waals surface area (Å²) in [6.45, 7) is 2.78. The number of hydrogen-bond acceptors (Lipinski definition) is 4. The van der Waals surface area contributed by atoms with Crippen LogP contribution in [0.25, 0.3) is 0 Å². The summed E-state index contributed by atoms with van der Waals surface area (Å²) in [5.41, 5.74) is 0. The van der Waals surface area contributed by atoms with Crippen LogP contribution in [0.1, 0.15) is 22.7 Å². The Balaban J connectivity index is 2.09. The second-order valence-electron chi connectivity index (χ2n) is 4.18. The minimum absolute atomic E-state index is 0.174. The molecule has 2 aromatic rings. The fourth-order valence-electron chi connectivity index (χ4n) is 1.65. The number of rotatable bonds is 6. The van der Waals surface area contributed by atoms with Gasteiger partial charge in [0, 0.05) is 38.6 Å². The van der Waals surface area contributed by atoms with Crippen molar-refractivity contribution in [2.45, 2.75) is 18.2 Å². The fraction of sp³-hybridized carbons (Fsp3) is 0.385. The summed E-state index contributed by atoms with van der Waals surface area (Å²) in [5, 5.41) is 7.90. The first-order valence-electron chi connectivity index (χ1n) is 5.81. The molecule has 0 aliphatic rings. The van der Waals surface area contributed by atoms with Crippen LogP contribution >= 0.6 is 22.7 Å². The van der Waals surface area contributed by atoms with Crippen molar-refractivity contribution >= 4 is 33.5 Å². The van der Waals surface area contributed by atoms with Crippen molar-refractivity contribution in [1.82, 2.24) is 5.32 Å². The van der Waals surface area contributed by atoms with Crippen molar-refractivity contribution in [3.63, 3.8) is 0 Å². The summed E-state index contributed by atoms with van der Waals surface area (Å²) in [5.74, 6) is 0. The van der Waals surface area contributed by atoms with Crippen molar-refractivity contribution in [2.24, 2.45) is 0 Å². The molecule has 0 spiro atoms. The van der Waals surface area contributed by atoms with Gasteiger partial charge in [0.25, 0.3) is 0 Å². The van der Waals surface area contributed by atoms with Crippen LogP contribution in [0.15, 0.2) is 35.0 Å². The Morgan fingerprint density at radius 1 is 1.22 bits per heavy atom. The van der Waals surface area contributed by atoms with E-state index in [-0.39, 0.29) is 11.3 Å². The first-order valence-corrected chi connectivity index (χ1v) is 9.19. The molecule has 2 nitrogen and oxygen atoms in total. The van der Waals surface area contributed by atoms with E-state index in [2.05, 4.69) is 40.3 Å². The third-order valence-corrected chi connectivity index (χ3v) is 6.01. The van der Waals surface area contributed by atoms with E-state index in [1.807, 2.05) is 6.92 Å². The minimum atomic E-state index is -0.776.